The second-order valence-corrected chi connectivity index (χ2v) is 3.48. The summed E-state index contributed by atoms with van der Waals surface area (Å²) >= 11 is 0. The van der Waals surface area contributed by atoms with Crippen LogP contribution in [0.1, 0.15) is 47.7 Å². The van der Waals surface area contributed by atoms with E-state index in [0.29, 0.717) is 11.5 Å². The van der Waals surface area contributed by atoms with Gasteiger partial charge in [-0.05, 0) is 12.8 Å². The first kappa shape index (κ1) is 8.29. The molecule has 1 aromatic heterocycles. The van der Waals surface area contributed by atoms with Crippen LogP contribution >= 0.6 is 0 Å². The van der Waals surface area contributed by atoms with Crippen LogP contribution in [0.5, 0.6) is 0 Å². The lowest BCUT2D eigenvalue weighted by molar-refractivity contribution is 0.0695. The first-order valence-electron chi connectivity index (χ1n) is 4.55. The predicted molar refractivity (Wildman–Crippen MR) is 46.8 cm³/mol. The molecule has 0 aliphatic heterocycles. The molecule has 1 saturated carbocycles. The summed E-state index contributed by atoms with van der Waals surface area (Å²) in [5.41, 5.74) is 1.15. The highest BCUT2D eigenvalue weighted by molar-refractivity contribution is 5.88. The van der Waals surface area contributed by atoms with Crippen LogP contribution in [-0.2, 0) is 0 Å². The number of H-pyrrole nitrogens is 1. The van der Waals surface area contributed by atoms with E-state index in [1.807, 2.05) is 0 Å². The van der Waals surface area contributed by atoms with Crippen LogP contribution in [0.3, 0.4) is 0 Å². The van der Waals surface area contributed by atoms with Crippen molar-refractivity contribution in [2.75, 3.05) is 0 Å². The van der Waals surface area contributed by atoms with Gasteiger partial charge in [-0.15, -0.1) is 0 Å². The van der Waals surface area contributed by atoms with Crippen LogP contribution in [0.4, 0.5) is 0 Å². The molecule has 2 rings (SSSR count). The fourth-order valence-electron chi connectivity index (χ4n) is 1.99. The summed E-state index contributed by atoms with van der Waals surface area (Å²) in [6.07, 6.45) is 5.96. The number of aromatic amines is 1. The zero-order valence-corrected chi connectivity index (χ0v) is 7.29. The van der Waals surface area contributed by atoms with Crippen molar-refractivity contribution in [3.05, 3.63) is 17.5 Å². The summed E-state index contributed by atoms with van der Waals surface area (Å²) in [6.45, 7) is 0. The summed E-state index contributed by atoms with van der Waals surface area (Å²) in [5.74, 6) is -0.496. The number of nitrogens with zero attached hydrogens (tertiary/aromatic N) is 1. The number of rotatable bonds is 2. The molecule has 0 aromatic carbocycles. The largest absolute Gasteiger partial charge is 0.478 e. The Morgan fingerprint density at radius 3 is 2.85 bits per heavy atom. The molecule has 0 atom stereocenters. The average molecular weight is 180 g/mol. The first-order chi connectivity index (χ1) is 6.29. The maximum atomic E-state index is 10.8. The molecule has 0 unspecified atom stereocenters. The molecule has 1 aliphatic rings. The standard InChI is InChI=1S/C9H12N2O2/c12-9(13)7-5-10-11-8(7)6-3-1-2-4-6/h5-6H,1-4H2,(H,10,11)(H,12,13). The highest BCUT2D eigenvalue weighted by atomic mass is 16.4. The fraction of sp³-hybridized carbons (Fsp3) is 0.556. The van der Waals surface area contributed by atoms with Crippen LogP contribution in [0.25, 0.3) is 0 Å². The topological polar surface area (TPSA) is 66.0 Å². The Morgan fingerprint density at radius 2 is 2.23 bits per heavy atom. The molecule has 1 heterocycles. The first-order valence-corrected chi connectivity index (χ1v) is 4.55. The van der Waals surface area contributed by atoms with Gasteiger partial charge in [0.05, 0.1) is 11.9 Å². The smallest absolute Gasteiger partial charge is 0.339 e. The minimum atomic E-state index is -0.879. The summed E-state index contributed by atoms with van der Waals surface area (Å²) in [6, 6.07) is 0. The van der Waals surface area contributed by atoms with E-state index in [9.17, 15) is 4.79 Å². The van der Waals surface area contributed by atoms with Gasteiger partial charge in [-0.25, -0.2) is 4.79 Å². The number of hydrogen-bond acceptors (Lipinski definition) is 2. The lowest BCUT2D eigenvalue weighted by atomic mass is 10.0. The van der Waals surface area contributed by atoms with Gasteiger partial charge in [-0.3, -0.25) is 5.10 Å². The number of aromatic nitrogens is 2. The van der Waals surface area contributed by atoms with Gasteiger partial charge in [0, 0.05) is 5.92 Å². The van der Waals surface area contributed by atoms with E-state index < -0.39 is 5.97 Å². The molecule has 0 saturated heterocycles. The number of carbonyl (C=O) groups is 1. The third kappa shape index (κ3) is 1.43. The summed E-state index contributed by atoms with van der Waals surface area (Å²) in [5, 5.41) is 15.4. The van der Waals surface area contributed by atoms with E-state index >= 15 is 0 Å². The van der Waals surface area contributed by atoms with Gasteiger partial charge < -0.3 is 5.11 Å². The monoisotopic (exact) mass is 180 g/mol. The van der Waals surface area contributed by atoms with E-state index in [0.717, 1.165) is 18.5 Å². The maximum Gasteiger partial charge on any atom is 0.339 e. The lowest BCUT2D eigenvalue weighted by Gasteiger charge is -2.06. The zero-order chi connectivity index (χ0) is 9.26. The van der Waals surface area contributed by atoms with E-state index in [1.54, 1.807) is 0 Å². The van der Waals surface area contributed by atoms with Gasteiger partial charge in [0.15, 0.2) is 0 Å². The average Bonchev–Trinajstić information content (AvgIpc) is 2.74. The molecule has 0 bridgehead atoms. The molecular weight excluding hydrogens is 168 g/mol. The third-order valence-corrected chi connectivity index (χ3v) is 2.66. The Hall–Kier alpha value is -1.32. The van der Waals surface area contributed by atoms with E-state index in [-0.39, 0.29) is 0 Å². The summed E-state index contributed by atoms with van der Waals surface area (Å²) in [7, 11) is 0. The molecular formula is C9H12N2O2. The van der Waals surface area contributed by atoms with Crippen LogP contribution < -0.4 is 0 Å². The number of hydrogen-bond donors (Lipinski definition) is 2. The highest BCUT2D eigenvalue weighted by Gasteiger charge is 2.23. The summed E-state index contributed by atoms with van der Waals surface area (Å²) in [4.78, 5) is 10.8. The molecule has 1 aliphatic carbocycles. The number of carboxylic acids is 1. The highest BCUT2D eigenvalue weighted by Crippen LogP contribution is 2.34. The van der Waals surface area contributed by atoms with Crippen molar-refractivity contribution in [3.63, 3.8) is 0 Å². The molecule has 0 spiro atoms. The van der Waals surface area contributed by atoms with Crippen LogP contribution in [0, 0.1) is 0 Å². The van der Waals surface area contributed by atoms with E-state index in [2.05, 4.69) is 10.2 Å². The maximum absolute atomic E-state index is 10.8. The molecule has 0 radical (unpaired) electrons. The van der Waals surface area contributed by atoms with Crippen LogP contribution in [0.15, 0.2) is 6.20 Å². The SMILES string of the molecule is O=C(O)c1cn[nH]c1C1CCCC1. The molecule has 13 heavy (non-hydrogen) atoms. The minimum absolute atomic E-state index is 0.340. The predicted octanol–water partition coefficient (Wildman–Crippen LogP) is 1.77. The Bertz CT molecular complexity index is 313. The van der Waals surface area contributed by atoms with Gasteiger partial charge >= 0.3 is 5.97 Å². The van der Waals surface area contributed by atoms with Crippen molar-refractivity contribution < 1.29 is 9.90 Å². The molecule has 0 amide bonds. The Morgan fingerprint density at radius 1 is 1.54 bits per heavy atom. The van der Waals surface area contributed by atoms with Gasteiger partial charge in [0.1, 0.15) is 5.56 Å². The molecule has 4 heteroatoms. The van der Waals surface area contributed by atoms with E-state index in [1.165, 1.54) is 19.0 Å². The van der Waals surface area contributed by atoms with Crippen molar-refractivity contribution in [2.45, 2.75) is 31.6 Å². The van der Waals surface area contributed by atoms with Gasteiger partial charge in [0.2, 0.25) is 0 Å². The molecule has 4 nitrogen and oxygen atoms in total. The summed E-state index contributed by atoms with van der Waals surface area (Å²) < 4.78 is 0. The number of aromatic carboxylic acids is 1. The molecule has 1 aromatic rings. The second kappa shape index (κ2) is 3.20. The quantitative estimate of drug-likeness (QED) is 0.728. The fourth-order valence-corrected chi connectivity index (χ4v) is 1.99. The van der Waals surface area contributed by atoms with Gasteiger partial charge in [-0.1, -0.05) is 12.8 Å². The third-order valence-electron chi connectivity index (χ3n) is 2.66. The van der Waals surface area contributed by atoms with E-state index in [4.69, 9.17) is 5.11 Å². The lowest BCUT2D eigenvalue weighted by Crippen LogP contribution is -2.03. The van der Waals surface area contributed by atoms with Crippen LogP contribution in [-0.4, -0.2) is 21.3 Å². The minimum Gasteiger partial charge on any atom is -0.478 e. The van der Waals surface area contributed by atoms with Crippen molar-refractivity contribution in [3.8, 4) is 0 Å². The normalized spacial score (nSPS) is 17.8. The van der Waals surface area contributed by atoms with Gasteiger partial charge in [-0.2, -0.15) is 5.10 Å². The molecule has 1 fully saturated rings. The molecule has 2 N–H and O–H groups in total. The Kier molecular flexibility index (Phi) is 2.04. The zero-order valence-electron chi connectivity index (χ0n) is 7.29. The van der Waals surface area contributed by atoms with Crippen molar-refractivity contribution >= 4 is 5.97 Å². The van der Waals surface area contributed by atoms with Crippen LogP contribution in [0.2, 0.25) is 0 Å². The van der Waals surface area contributed by atoms with Crippen molar-refractivity contribution in [2.24, 2.45) is 0 Å². The Labute approximate surface area is 76.0 Å². The van der Waals surface area contributed by atoms with Crippen molar-refractivity contribution in [1.29, 1.82) is 0 Å². The van der Waals surface area contributed by atoms with Crippen molar-refractivity contribution in [1.82, 2.24) is 10.2 Å². The number of nitrogens with one attached hydrogen (secondary N) is 1. The number of carboxylic acid groups (broad SMARTS) is 1. The Balaban J connectivity index is 2.28. The second-order valence-electron chi connectivity index (χ2n) is 3.48. The van der Waals surface area contributed by atoms with Gasteiger partial charge in [0.25, 0.3) is 0 Å². The molecule has 70 valence electrons.